The topological polar surface area (TPSA) is 97.4 Å². The van der Waals surface area contributed by atoms with Gasteiger partial charge in [0.1, 0.15) is 11.6 Å². The number of nitrogens with zero attached hydrogens (tertiary/aromatic N) is 4. The van der Waals surface area contributed by atoms with E-state index in [-0.39, 0.29) is 11.9 Å². The van der Waals surface area contributed by atoms with Crippen molar-refractivity contribution in [2.45, 2.75) is 44.8 Å². The molecule has 0 aliphatic carbocycles. The van der Waals surface area contributed by atoms with Gasteiger partial charge < -0.3 is 20.5 Å². The van der Waals surface area contributed by atoms with Gasteiger partial charge in [-0.05, 0) is 38.1 Å². The van der Waals surface area contributed by atoms with E-state index in [9.17, 15) is 9.50 Å². The Morgan fingerprint density at radius 1 is 1.23 bits per heavy atom. The number of fused-ring (bicyclic) bond motifs is 1. The number of benzene rings is 1. The van der Waals surface area contributed by atoms with Crippen LogP contribution in [-0.2, 0) is 6.42 Å². The van der Waals surface area contributed by atoms with E-state index in [2.05, 4.69) is 19.9 Å². The lowest BCUT2D eigenvalue weighted by Gasteiger charge is -2.33. The Morgan fingerprint density at radius 3 is 2.65 bits per heavy atom. The Kier molecular flexibility index (Phi) is 5.85. The summed E-state index contributed by atoms with van der Waals surface area (Å²) in [6.07, 6.45) is 3.36. The molecule has 9 heteroatoms. The number of aromatic nitrogens is 3. The second-order valence-electron chi connectivity index (χ2n) is 8.47. The first-order chi connectivity index (χ1) is 14.7. The van der Waals surface area contributed by atoms with Gasteiger partial charge >= 0.3 is 0 Å². The molecule has 3 aromatic rings. The summed E-state index contributed by atoms with van der Waals surface area (Å²) < 4.78 is 19.8. The van der Waals surface area contributed by atoms with Crippen LogP contribution in [0, 0.1) is 5.82 Å². The molecule has 0 unspecified atom stereocenters. The van der Waals surface area contributed by atoms with Gasteiger partial charge in [-0.2, -0.15) is 0 Å². The lowest BCUT2D eigenvalue weighted by molar-refractivity contribution is 0.0800. The Morgan fingerprint density at radius 2 is 1.97 bits per heavy atom. The first-order valence-corrected chi connectivity index (χ1v) is 10.6. The summed E-state index contributed by atoms with van der Waals surface area (Å²) in [7, 11) is 0. The van der Waals surface area contributed by atoms with Gasteiger partial charge in [0.25, 0.3) is 0 Å². The summed E-state index contributed by atoms with van der Waals surface area (Å²) in [6, 6.07) is 6.22. The first-order valence-electron chi connectivity index (χ1n) is 10.2. The summed E-state index contributed by atoms with van der Waals surface area (Å²) in [5.41, 5.74) is 7.37. The van der Waals surface area contributed by atoms with Crippen molar-refractivity contribution in [3.8, 4) is 5.75 Å². The van der Waals surface area contributed by atoms with Gasteiger partial charge in [-0.1, -0.05) is 11.6 Å². The van der Waals surface area contributed by atoms with Gasteiger partial charge in [-0.15, -0.1) is 0 Å². The quantitative estimate of drug-likeness (QED) is 0.617. The van der Waals surface area contributed by atoms with Gasteiger partial charge in [0, 0.05) is 43.1 Å². The predicted octanol–water partition coefficient (Wildman–Crippen LogP) is 3.76. The molecule has 1 fully saturated rings. The number of piperidine rings is 1. The van der Waals surface area contributed by atoms with Gasteiger partial charge in [0.05, 0.1) is 17.3 Å². The van der Waals surface area contributed by atoms with E-state index in [1.54, 1.807) is 38.2 Å². The molecule has 0 bridgehead atoms. The maximum atomic E-state index is 14.0. The number of nitrogen functional groups attached to an aromatic ring is 1. The molecule has 0 saturated carbocycles. The number of hydrogen-bond donors (Lipinski definition) is 2. The van der Waals surface area contributed by atoms with Crippen LogP contribution in [0.25, 0.3) is 11.0 Å². The highest BCUT2D eigenvalue weighted by molar-refractivity contribution is 6.30. The minimum absolute atomic E-state index is 0.104. The molecule has 3 heterocycles. The second kappa shape index (κ2) is 8.43. The SMILES string of the molecule is CC(C)(O)Cc1cc2nc(N)c(N3CCC(Oc4ccc(Cl)cc4F)CC3)nc2cn1. The molecule has 7 nitrogen and oxygen atoms in total. The van der Waals surface area contributed by atoms with Crippen molar-refractivity contribution in [2.75, 3.05) is 23.7 Å². The van der Waals surface area contributed by atoms with Crippen LogP contribution in [0.3, 0.4) is 0 Å². The van der Waals surface area contributed by atoms with Crippen LogP contribution in [0.5, 0.6) is 5.75 Å². The van der Waals surface area contributed by atoms with E-state index in [1.807, 2.05) is 0 Å². The van der Waals surface area contributed by atoms with E-state index in [4.69, 9.17) is 22.1 Å². The number of ether oxygens (including phenoxy) is 1. The average molecular weight is 446 g/mol. The highest BCUT2D eigenvalue weighted by Gasteiger charge is 2.25. The standard InChI is InChI=1S/C22H25ClFN5O2/c1-22(2,30)11-14-10-17-18(12-26-14)28-21(20(25)27-17)29-7-5-15(6-8-29)31-19-4-3-13(23)9-16(19)24/h3-4,9-10,12,15,30H,5-8,11H2,1-2H3,(H2,25,27). The highest BCUT2D eigenvalue weighted by Crippen LogP contribution is 2.29. The van der Waals surface area contributed by atoms with Gasteiger partial charge in [-0.3, -0.25) is 4.98 Å². The lowest BCUT2D eigenvalue weighted by Crippen LogP contribution is -2.39. The maximum absolute atomic E-state index is 14.0. The molecule has 2 aromatic heterocycles. The minimum atomic E-state index is -0.860. The van der Waals surface area contributed by atoms with E-state index >= 15 is 0 Å². The zero-order valence-corrected chi connectivity index (χ0v) is 18.2. The van der Waals surface area contributed by atoms with Crippen molar-refractivity contribution in [1.82, 2.24) is 15.0 Å². The average Bonchev–Trinajstić information content (AvgIpc) is 2.69. The van der Waals surface area contributed by atoms with Crippen molar-refractivity contribution in [3.05, 3.63) is 47.0 Å². The van der Waals surface area contributed by atoms with Crippen LogP contribution in [-0.4, -0.2) is 44.9 Å². The number of pyridine rings is 1. The van der Waals surface area contributed by atoms with Crippen molar-refractivity contribution >= 4 is 34.3 Å². The molecule has 1 aliphatic heterocycles. The van der Waals surface area contributed by atoms with Crippen LogP contribution in [0.4, 0.5) is 16.0 Å². The third kappa shape index (κ3) is 5.14. The summed E-state index contributed by atoms with van der Waals surface area (Å²) in [4.78, 5) is 15.6. The molecule has 31 heavy (non-hydrogen) atoms. The molecule has 0 spiro atoms. The molecule has 0 radical (unpaired) electrons. The Balaban J connectivity index is 1.45. The van der Waals surface area contributed by atoms with Crippen LogP contribution in [0.1, 0.15) is 32.4 Å². The van der Waals surface area contributed by atoms with Gasteiger partial charge in [0.2, 0.25) is 0 Å². The zero-order valence-electron chi connectivity index (χ0n) is 17.5. The molecule has 164 valence electrons. The fourth-order valence-electron chi connectivity index (χ4n) is 3.71. The molecular weight excluding hydrogens is 421 g/mol. The highest BCUT2D eigenvalue weighted by atomic mass is 35.5. The fraction of sp³-hybridized carbons (Fsp3) is 0.409. The van der Waals surface area contributed by atoms with Crippen molar-refractivity contribution in [1.29, 1.82) is 0 Å². The first kappa shape index (κ1) is 21.5. The third-order valence-corrected chi connectivity index (χ3v) is 5.39. The molecule has 3 N–H and O–H groups in total. The number of anilines is 2. The number of aliphatic hydroxyl groups is 1. The van der Waals surface area contributed by atoms with E-state index in [1.165, 1.54) is 6.07 Å². The van der Waals surface area contributed by atoms with Crippen LogP contribution in [0.15, 0.2) is 30.5 Å². The minimum Gasteiger partial charge on any atom is -0.487 e. The lowest BCUT2D eigenvalue weighted by atomic mass is 10.0. The molecule has 0 atom stereocenters. The predicted molar refractivity (Wildman–Crippen MR) is 119 cm³/mol. The van der Waals surface area contributed by atoms with Gasteiger partial charge in [-0.25, -0.2) is 14.4 Å². The van der Waals surface area contributed by atoms with E-state index in [0.29, 0.717) is 60.0 Å². The fourth-order valence-corrected chi connectivity index (χ4v) is 3.87. The molecule has 4 rings (SSSR count). The second-order valence-corrected chi connectivity index (χ2v) is 8.90. The number of hydrogen-bond acceptors (Lipinski definition) is 7. The number of rotatable bonds is 5. The van der Waals surface area contributed by atoms with Crippen LogP contribution in [0.2, 0.25) is 5.02 Å². The Hall–Kier alpha value is -2.71. The molecule has 0 amide bonds. The molecular formula is C22H25ClFN5O2. The summed E-state index contributed by atoms with van der Waals surface area (Å²) in [5, 5.41) is 10.3. The Labute approximate surface area is 185 Å². The van der Waals surface area contributed by atoms with E-state index < -0.39 is 11.4 Å². The van der Waals surface area contributed by atoms with Crippen molar-refractivity contribution in [3.63, 3.8) is 0 Å². The van der Waals surface area contributed by atoms with Gasteiger partial charge in [0.15, 0.2) is 23.2 Å². The van der Waals surface area contributed by atoms with Crippen LogP contribution >= 0.6 is 11.6 Å². The number of nitrogens with two attached hydrogens (primary N) is 1. The third-order valence-electron chi connectivity index (χ3n) is 5.16. The molecule has 1 aliphatic rings. The Bertz CT molecular complexity index is 1100. The smallest absolute Gasteiger partial charge is 0.172 e. The largest absolute Gasteiger partial charge is 0.487 e. The van der Waals surface area contributed by atoms with Crippen molar-refractivity contribution < 1.29 is 14.2 Å². The monoisotopic (exact) mass is 445 g/mol. The molecule has 1 saturated heterocycles. The van der Waals surface area contributed by atoms with Crippen LogP contribution < -0.4 is 15.4 Å². The van der Waals surface area contributed by atoms with Crippen molar-refractivity contribution in [2.24, 2.45) is 0 Å². The molecule has 1 aromatic carbocycles. The summed E-state index contributed by atoms with van der Waals surface area (Å²) >= 11 is 5.80. The van der Waals surface area contributed by atoms with E-state index in [0.717, 1.165) is 5.69 Å². The summed E-state index contributed by atoms with van der Waals surface area (Å²) in [5.74, 6) is 0.702. The maximum Gasteiger partial charge on any atom is 0.172 e. The zero-order chi connectivity index (χ0) is 22.2. The number of halogens is 2. The summed E-state index contributed by atoms with van der Waals surface area (Å²) in [6.45, 7) is 4.79. The normalized spacial score (nSPS) is 15.5.